The molecule has 5 heteroatoms. The molecule has 1 aromatic heterocycles. The third-order valence-corrected chi connectivity index (χ3v) is 3.20. The van der Waals surface area contributed by atoms with Gasteiger partial charge in [0.15, 0.2) is 5.13 Å². The van der Waals surface area contributed by atoms with Gasteiger partial charge in [-0.2, -0.15) is 0 Å². The van der Waals surface area contributed by atoms with Crippen LogP contribution in [0.2, 0.25) is 0 Å². The van der Waals surface area contributed by atoms with E-state index in [0.29, 0.717) is 22.1 Å². The predicted octanol–water partition coefficient (Wildman–Crippen LogP) is 1.57. The van der Waals surface area contributed by atoms with Crippen LogP contribution in [0.15, 0.2) is 0 Å². The van der Waals surface area contributed by atoms with Gasteiger partial charge in [0, 0.05) is 12.5 Å². The second-order valence-corrected chi connectivity index (χ2v) is 4.48. The van der Waals surface area contributed by atoms with E-state index in [1.807, 2.05) is 6.92 Å². The van der Waals surface area contributed by atoms with Gasteiger partial charge in [0.1, 0.15) is 4.88 Å². The molecule has 0 aliphatic carbocycles. The summed E-state index contributed by atoms with van der Waals surface area (Å²) in [7, 11) is 0. The highest BCUT2D eigenvalue weighted by Crippen LogP contribution is 2.19. The molecule has 86 valence electrons. The van der Waals surface area contributed by atoms with Crippen molar-refractivity contribution >= 4 is 22.4 Å². The van der Waals surface area contributed by atoms with E-state index in [-0.39, 0.29) is 11.9 Å². The van der Waals surface area contributed by atoms with Gasteiger partial charge in [0.05, 0.1) is 5.69 Å². The minimum absolute atomic E-state index is 0.0141. The molecular formula is C11H15N3OS. The molecule has 1 heterocycles. The molecule has 0 fully saturated rings. The summed E-state index contributed by atoms with van der Waals surface area (Å²) < 4.78 is 0. The Bertz CT molecular complexity index is 419. The van der Waals surface area contributed by atoms with E-state index in [9.17, 15) is 4.79 Å². The first kappa shape index (κ1) is 12.5. The number of thiazole rings is 1. The number of hydrogen-bond donors (Lipinski definition) is 2. The molecule has 1 unspecified atom stereocenters. The fourth-order valence-corrected chi connectivity index (χ4v) is 2.06. The standard InChI is InChI=1S/C11H15N3OS/c1-4-6-8(5-2)14-10(15)9-7(3)13-11(12)16-9/h1,8H,5-6H2,2-3H3,(H2,12,13)(H,14,15). The first-order chi connectivity index (χ1) is 7.58. The first-order valence-electron chi connectivity index (χ1n) is 5.05. The zero-order valence-corrected chi connectivity index (χ0v) is 10.2. The van der Waals surface area contributed by atoms with Gasteiger partial charge < -0.3 is 11.1 Å². The van der Waals surface area contributed by atoms with Gasteiger partial charge in [0.25, 0.3) is 5.91 Å². The van der Waals surface area contributed by atoms with Crippen LogP contribution in [0.3, 0.4) is 0 Å². The minimum Gasteiger partial charge on any atom is -0.375 e. The third-order valence-electron chi connectivity index (χ3n) is 2.21. The van der Waals surface area contributed by atoms with Crippen molar-refractivity contribution in [1.29, 1.82) is 0 Å². The number of carbonyl (C=O) groups is 1. The van der Waals surface area contributed by atoms with E-state index < -0.39 is 0 Å². The van der Waals surface area contributed by atoms with Crippen molar-refractivity contribution < 1.29 is 4.79 Å². The molecule has 0 aliphatic heterocycles. The quantitative estimate of drug-likeness (QED) is 0.781. The van der Waals surface area contributed by atoms with Gasteiger partial charge in [-0.25, -0.2) is 4.98 Å². The fourth-order valence-electron chi connectivity index (χ4n) is 1.32. The Hall–Kier alpha value is -1.54. The maximum absolute atomic E-state index is 11.9. The van der Waals surface area contributed by atoms with Crippen molar-refractivity contribution in [1.82, 2.24) is 10.3 Å². The Morgan fingerprint density at radius 2 is 2.44 bits per heavy atom. The van der Waals surface area contributed by atoms with Crippen LogP contribution >= 0.6 is 11.3 Å². The average Bonchev–Trinajstić information content (AvgIpc) is 2.57. The van der Waals surface area contributed by atoms with E-state index in [1.54, 1.807) is 6.92 Å². The molecule has 1 rings (SSSR count). The second kappa shape index (κ2) is 5.52. The lowest BCUT2D eigenvalue weighted by Crippen LogP contribution is -2.33. The van der Waals surface area contributed by atoms with Crippen LogP contribution < -0.4 is 11.1 Å². The molecule has 0 saturated heterocycles. The number of nitrogen functional groups attached to an aromatic ring is 1. The van der Waals surface area contributed by atoms with Crippen LogP contribution in [0.4, 0.5) is 5.13 Å². The molecule has 1 atom stereocenters. The molecule has 4 nitrogen and oxygen atoms in total. The summed E-state index contributed by atoms with van der Waals surface area (Å²) in [5.41, 5.74) is 6.20. The van der Waals surface area contributed by atoms with Gasteiger partial charge in [-0.3, -0.25) is 4.79 Å². The van der Waals surface area contributed by atoms with Crippen molar-refractivity contribution in [3.8, 4) is 12.3 Å². The number of aromatic nitrogens is 1. The molecule has 0 aromatic carbocycles. The highest BCUT2D eigenvalue weighted by Gasteiger charge is 2.16. The number of anilines is 1. The zero-order valence-electron chi connectivity index (χ0n) is 9.41. The van der Waals surface area contributed by atoms with Gasteiger partial charge in [0.2, 0.25) is 0 Å². The highest BCUT2D eigenvalue weighted by molar-refractivity contribution is 7.17. The van der Waals surface area contributed by atoms with Crippen LogP contribution in [0, 0.1) is 19.3 Å². The van der Waals surface area contributed by atoms with Gasteiger partial charge in [-0.15, -0.1) is 12.3 Å². The van der Waals surface area contributed by atoms with Crippen molar-refractivity contribution in [3.05, 3.63) is 10.6 Å². The number of rotatable bonds is 4. The molecule has 0 saturated carbocycles. The first-order valence-corrected chi connectivity index (χ1v) is 5.87. The summed E-state index contributed by atoms with van der Waals surface area (Å²) in [5.74, 6) is 2.40. The zero-order chi connectivity index (χ0) is 12.1. The molecular weight excluding hydrogens is 222 g/mol. The predicted molar refractivity (Wildman–Crippen MR) is 66.3 cm³/mol. The molecule has 0 aliphatic rings. The molecule has 3 N–H and O–H groups in total. The van der Waals surface area contributed by atoms with E-state index >= 15 is 0 Å². The second-order valence-electron chi connectivity index (χ2n) is 3.45. The van der Waals surface area contributed by atoms with Gasteiger partial charge in [-0.1, -0.05) is 18.3 Å². The van der Waals surface area contributed by atoms with E-state index in [4.69, 9.17) is 12.2 Å². The number of nitrogens with one attached hydrogen (secondary N) is 1. The summed E-state index contributed by atoms with van der Waals surface area (Å²) >= 11 is 1.20. The van der Waals surface area contributed by atoms with E-state index in [1.165, 1.54) is 11.3 Å². The van der Waals surface area contributed by atoms with Gasteiger partial charge in [-0.05, 0) is 13.3 Å². The fraction of sp³-hybridized carbons (Fsp3) is 0.455. The Labute approximate surface area is 99.3 Å². The SMILES string of the molecule is C#CCC(CC)NC(=O)c1sc(N)nc1C. The van der Waals surface area contributed by atoms with Crippen LogP contribution in [0.1, 0.15) is 35.1 Å². The van der Waals surface area contributed by atoms with Crippen LogP contribution in [-0.4, -0.2) is 16.9 Å². The number of terminal acetylenes is 1. The molecule has 0 spiro atoms. The van der Waals surface area contributed by atoms with Crippen LogP contribution in [0.5, 0.6) is 0 Å². The molecule has 16 heavy (non-hydrogen) atoms. The van der Waals surface area contributed by atoms with E-state index in [2.05, 4.69) is 16.2 Å². The highest BCUT2D eigenvalue weighted by atomic mass is 32.1. The van der Waals surface area contributed by atoms with Crippen LogP contribution in [0.25, 0.3) is 0 Å². The number of carbonyl (C=O) groups excluding carboxylic acids is 1. The lowest BCUT2D eigenvalue weighted by Gasteiger charge is -2.13. The Morgan fingerprint density at radius 1 is 1.75 bits per heavy atom. The summed E-state index contributed by atoms with van der Waals surface area (Å²) in [6.07, 6.45) is 6.57. The number of nitrogens with zero attached hydrogens (tertiary/aromatic N) is 1. The average molecular weight is 237 g/mol. The maximum atomic E-state index is 11.9. The molecule has 0 radical (unpaired) electrons. The summed E-state index contributed by atoms with van der Waals surface area (Å²) in [6, 6.07) is 0.0141. The number of amides is 1. The Morgan fingerprint density at radius 3 is 2.88 bits per heavy atom. The van der Waals surface area contributed by atoms with Crippen molar-refractivity contribution in [2.24, 2.45) is 0 Å². The Kier molecular flexibility index (Phi) is 4.32. The summed E-state index contributed by atoms with van der Waals surface area (Å²) in [6.45, 7) is 3.75. The molecule has 1 amide bonds. The maximum Gasteiger partial charge on any atom is 0.263 e. The minimum atomic E-state index is -0.145. The van der Waals surface area contributed by atoms with Crippen molar-refractivity contribution in [2.75, 3.05) is 5.73 Å². The smallest absolute Gasteiger partial charge is 0.263 e. The lowest BCUT2D eigenvalue weighted by molar-refractivity contribution is 0.0940. The molecule has 0 bridgehead atoms. The number of aryl methyl sites for hydroxylation is 1. The van der Waals surface area contributed by atoms with Crippen LogP contribution in [-0.2, 0) is 0 Å². The van der Waals surface area contributed by atoms with Gasteiger partial charge >= 0.3 is 0 Å². The normalized spacial score (nSPS) is 11.8. The number of hydrogen-bond acceptors (Lipinski definition) is 4. The number of nitrogens with two attached hydrogens (primary N) is 1. The third kappa shape index (κ3) is 2.97. The molecule has 1 aromatic rings. The largest absolute Gasteiger partial charge is 0.375 e. The van der Waals surface area contributed by atoms with E-state index in [0.717, 1.165) is 6.42 Å². The topological polar surface area (TPSA) is 68.0 Å². The summed E-state index contributed by atoms with van der Waals surface area (Å²) in [5, 5.41) is 3.28. The van der Waals surface area contributed by atoms with Crippen molar-refractivity contribution in [2.45, 2.75) is 32.7 Å². The monoisotopic (exact) mass is 237 g/mol. The van der Waals surface area contributed by atoms with Crippen molar-refractivity contribution in [3.63, 3.8) is 0 Å². The lowest BCUT2D eigenvalue weighted by atomic mass is 10.1. The Balaban J connectivity index is 2.72. The summed E-state index contributed by atoms with van der Waals surface area (Å²) in [4.78, 5) is 16.4.